The Morgan fingerprint density at radius 3 is 2.73 bits per heavy atom. The molecule has 1 unspecified atom stereocenters. The average molecular weight is 209 g/mol. The molecule has 0 aromatic heterocycles. The molecular weight excluding hydrogens is 194 g/mol. The lowest BCUT2D eigenvalue weighted by atomic mass is 10.0. The average Bonchev–Trinajstić information content (AvgIpc) is 2.19. The van der Waals surface area contributed by atoms with Crippen molar-refractivity contribution in [1.82, 2.24) is 0 Å². The molecule has 4 nitrogen and oxygen atoms in total. The summed E-state index contributed by atoms with van der Waals surface area (Å²) in [6, 6.07) is 4.40. The van der Waals surface area contributed by atoms with Gasteiger partial charge in [0.1, 0.15) is 11.8 Å². The summed E-state index contributed by atoms with van der Waals surface area (Å²) in [4.78, 5) is 10.5. The lowest BCUT2D eigenvalue weighted by Crippen LogP contribution is -2.30. The molecule has 0 bridgehead atoms. The molecule has 0 radical (unpaired) electrons. The topological polar surface area (TPSA) is 83.6 Å². The van der Waals surface area contributed by atoms with Crippen LogP contribution in [-0.4, -0.2) is 22.2 Å². The predicted octanol–water partition coefficient (Wildman–Crippen LogP) is 1.05. The van der Waals surface area contributed by atoms with Crippen LogP contribution in [-0.2, 0) is 11.2 Å². The molecule has 0 amide bonds. The van der Waals surface area contributed by atoms with Crippen molar-refractivity contribution in [2.45, 2.75) is 25.8 Å². The van der Waals surface area contributed by atoms with E-state index in [1.165, 1.54) is 0 Å². The zero-order valence-electron chi connectivity index (χ0n) is 8.60. The number of rotatable bonds is 4. The normalized spacial score (nSPS) is 12.4. The fourth-order valence-corrected chi connectivity index (χ4v) is 1.32. The van der Waals surface area contributed by atoms with E-state index in [4.69, 9.17) is 10.8 Å². The maximum Gasteiger partial charge on any atom is 0.320 e. The van der Waals surface area contributed by atoms with E-state index in [-0.39, 0.29) is 5.75 Å². The Morgan fingerprint density at radius 1 is 1.53 bits per heavy atom. The number of benzene rings is 1. The minimum atomic E-state index is -0.981. The van der Waals surface area contributed by atoms with E-state index >= 15 is 0 Å². The zero-order chi connectivity index (χ0) is 11.4. The van der Waals surface area contributed by atoms with Crippen molar-refractivity contribution in [3.05, 3.63) is 29.3 Å². The smallest absolute Gasteiger partial charge is 0.320 e. The molecule has 82 valence electrons. The number of phenolic OH excluding ortho intramolecular Hbond substituents is 1. The Balaban J connectivity index is 2.58. The van der Waals surface area contributed by atoms with Crippen LogP contribution in [0.1, 0.15) is 17.5 Å². The Hall–Kier alpha value is -1.55. The highest BCUT2D eigenvalue weighted by molar-refractivity contribution is 5.73. The lowest BCUT2D eigenvalue weighted by Gasteiger charge is -2.07. The van der Waals surface area contributed by atoms with Crippen LogP contribution in [0.25, 0.3) is 0 Å². The van der Waals surface area contributed by atoms with Crippen molar-refractivity contribution in [1.29, 1.82) is 0 Å². The molecule has 1 aromatic rings. The van der Waals surface area contributed by atoms with Crippen LogP contribution in [0, 0.1) is 6.92 Å². The third-order valence-electron chi connectivity index (χ3n) is 2.32. The van der Waals surface area contributed by atoms with Gasteiger partial charge in [-0.15, -0.1) is 0 Å². The fourth-order valence-electron chi connectivity index (χ4n) is 1.32. The van der Waals surface area contributed by atoms with Crippen LogP contribution >= 0.6 is 0 Å². The van der Waals surface area contributed by atoms with Gasteiger partial charge >= 0.3 is 5.97 Å². The molecule has 15 heavy (non-hydrogen) atoms. The molecule has 0 heterocycles. The van der Waals surface area contributed by atoms with Crippen LogP contribution in [0.2, 0.25) is 0 Å². The second-order valence-electron chi connectivity index (χ2n) is 3.60. The van der Waals surface area contributed by atoms with Crippen LogP contribution in [0.3, 0.4) is 0 Å². The van der Waals surface area contributed by atoms with E-state index in [2.05, 4.69) is 0 Å². The highest BCUT2D eigenvalue weighted by Crippen LogP contribution is 2.17. The third-order valence-corrected chi connectivity index (χ3v) is 2.32. The van der Waals surface area contributed by atoms with Gasteiger partial charge in [-0.05, 0) is 37.0 Å². The summed E-state index contributed by atoms with van der Waals surface area (Å²) in [7, 11) is 0. The van der Waals surface area contributed by atoms with Crippen molar-refractivity contribution >= 4 is 5.97 Å². The van der Waals surface area contributed by atoms with Gasteiger partial charge in [0.2, 0.25) is 0 Å². The van der Waals surface area contributed by atoms with E-state index in [0.29, 0.717) is 12.8 Å². The summed E-state index contributed by atoms with van der Waals surface area (Å²) in [5, 5.41) is 17.9. The van der Waals surface area contributed by atoms with Crippen LogP contribution in [0.4, 0.5) is 0 Å². The van der Waals surface area contributed by atoms with Gasteiger partial charge in [-0.3, -0.25) is 4.79 Å². The second-order valence-corrected chi connectivity index (χ2v) is 3.60. The largest absolute Gasteiger partial charge is 0.508 e. The summed E-state index contributed by atoms with van der Waals surface area (Å²) >= 11 is 0. The summed E-state index contributed by atoms with van der Waals surface area (Å²) in [5.41, 5.74) is 7.16. The molecule has 0 aliphatic heterocycles. The minimum absolute atomic E-state index is 0.251. The van der Waals surface area contributed by atoms with E-state index in [1.807, 2.05) is 6.07 Å². The maximum atomic E-state index is 10.5. The first-order chi connectivity index (χ1) is 7.00. The van der Waals surface area contributed by atoms with Crippen molar-refractivity contribution in [3.8, 4) is 5.75 Å². The van der Waals surface area contributed by atoms with Crippen LogP contribution in [0.15, 0.2) is 18.2 Å². The number of hydrogen-bond acceptors (Lipinski definition) is 3. The SMILES string of the molecule is Cc1cc(CCC(N)C(=O)O)ccc1O. The Morgan fingerprint density at radius 2 is 2.20 bits per heavy atom. The van der Waals surface area contributed by atoms with E-state index in [9.17, 15) is 9.90 Å². The lowest BCUT2D eigenvalue weighted by molar-refractivity contribution is -0.138. The molecule has 0 saturated carbocycles. The number of aliphatic carboxylic acids is 1. The summed E-state index contributed by atoms with van der Waals surface area (Å²) in [5.74, 6) is -0.730. The Labute approximate surface area is 88.3 Å². The number of aromatic hydroxyl groups is 1. The standard InChI is InChI=1S/C11H15NO3/c1-7-6-8(3-5-10(7)13)2-4-9(12)11(14)15/h3,5-6,9,13H,2,4,12H2,1H3,(H,14,15). The zero-order valence-corrected chi connectivity index (χ0v) is 8.60. The maximum absolute atomic E-state index is 10.5. The third kappa shape index (κ3) is 3.25. The van der Waals surface area contributed by atoms with Crippen molar-refractivity contribution in [2.75, 3.05) is 0 Å². The molecule has 1 rings (SSSR count). The molecule has 0 aliphatic carbocycles. The number of nitrogens with two attached hydrogens (primary N) is 1. The quantitative estimate of drug-likeness (QED) is 0.692. The molecule has 0 spiro atoms. The van der Waals surface area contributed by atoms with E-state index in [0.717, 1.165) is 11.1 Å². The van der Waals surface area contributed by atoms with Crippen LogP contribution < -0.4 is 5.73 Å². The van der Waals surface area contributed by atoms with Crippen molar-refractivity contribution in [2.24, 2.45) is 5.73 Å². The van der Waals surface area contributed by atoms with Gasteiger partial charge in [-0.1, -0.05) is 12.1 Å². The molecule has 0 fully saturated rings. The monoisotopic (exact) mass is 209 g/mol. The number of hydrogen-bond donors (Lipinski definition) is 3. The van der Waals surface area contributed by atoms with Gasteiger partial charge < -0.3 is 15.9 Å². The number of carboxylic acid groups (broad SMARTS) is 1. The van der Waals surface area contributed by atoms with Gasteiger partial charge in [0.25, 0.3) is 0 Å². The van der Waals surface area contributed by atoms with Gasteiger partial charge in [0.05, 0.1) is 0 Å². The first-order valence-corrected chi connectivity index (χ1v) is 4.77. The van der Waals surface area contributed by atoms with Crippen LogP contribution in [0.5, 0.6) is 5.75 Å². The number of carbonyl (C=O) groups is 1. The van der Waals surface area contributed by atoms with E-state index < -0.39 is 12.0 Å². The van der Waals surface area contributed by atoms with E-state index in [1.54, 1.807) is 19.1 Å². The molecular formula is C11H15NO3. The first kappa shape index (κ1) is 11.5. The number of carboxylic acids is 1. The Kier molecular flexibility index (Phi) is 3.68. The second kappa shape index (κ2) is 4.79. The molecule has 0 aliphatic rings. The van der Waals surface area contributed by atoms with Gasteiger partial charge in [-0.2, -0.15) is 0 Å². The summed E-state index contributed by atoms with van der Waals surface area (Å²) < 4.78 is 0. The first-order valence-electron chi connectivity index (χ1n) is 4.77. The summed E-state index contributed by atoms with van der Waals surface area (Å²) in [6.45, 7) is 1.80. The number of phenols is 1. The van der Waals surface area contributed by atoms with Crippen molar-refractivity contribution < 1.29 is 15.0 Å². The fraction of sp³-hybridized carbons (Fsp3) is 0.364. The van der Waals surface area contributed by atoms with Gasteiger partial charge in [0.15, 0.2) is 0 Å². The van der Waals surface area contributed by atoms with Gasteiger partial charge in [0, 0.05) is 0 Å². The highest BCUT2D eigenvalue weighted by atomic mass is 16.4. The minimum Gasteiger partial charge on any atom is -0.508 e. The van der Waals surface area contributed by atoms with Crippen molar-refractivity contribution in [3.63, 3.8) is 0 Å². The highest BCUT2D eigenvalue weighted by Gasteiger charge is 2.11. The number of aryl methyl sites for hydroxylation is 2. The molecule has 0 saturated heterocycles. The molecule has 1 aromatic carbocycles. The Bertz CT molecular complexity index is 363. The molecule has 4 heteroatoms. The molecule has 4 N–H and O–H groups in total. The summed E-state index contributed by atoms with van der Waals surface area (Å²) in [6.07, 6.45) is 1.01. The predicted molar refractivity (Wildman–Crippen MR) is 56.8 cm³/mol. The van der Waals surface area contributed by atoms with Gasteiger partial charge in [-0.25, -0.2) is 0 Å². The molecule has 1 atom stereocenters.